The van der Waals surface area contributed by atoms with Crippen molar-refractivity contribution in [3.63, 3.8) is 0 Å². The quantitative estimate of drug-likeness (QED) is 0.852. The molecule has 110 valence electrons. The van der Waals surface area contributed by atoms with Crippen molar-refractivity contribution in [2.24, 2.45) is 5.92 Å². The number of hydrogen-bond acceptors (Lipinski definition) is 4. The van der Waals surface area contributed by atoms with Crippen molar-refractivity contribution in [1.29, 1.82) is 0 Å². The van der Waals surface area contributed by atoms with Gasteiger partial charge >= 0.3 is 0 Å². The van der Waals surface area contributed by atoms with Crippen LogP contribution in [0.5, 0.6) is 5.75 Å². The van der Waals surface area contributed by atoms with Crippen molar-refractivity contribution < 1.29 is 19.7 Å². The fourth-order valence-corrected chi connectivity index (χ4v) is 2.31. The zero-order valence-corrected chi connectivity index (χ0v) is 11.9. The van der Waals surface area contributed by atoms with Crippen LogP contribution in [0.3, 0.4) is 0 Å². The lowest BCUT2D eigenvalue weighted by atomic mass is 10.0. The van der Waals surface area contributed by atoms with Gasteiger partial charge in [-0.25, -0.2) is 0 Å². The second-order valence-corrected chi connectivity index (χ2v) is 5.31. The molecule has 1 amide bonds. The first-order valence-electron chi connectivity index (χ1n) is 6.91. The van der Waals surface area contributed by atoms with Gasteiger partial charge in [-0.15, -0.1) is 0 Å². The van der Waals surface area contributed by atoms with Gasteiger partial charge in [-0.1, -0.05) is 19.9 Å². The van der Waals surface area contributed by atoms with Gasteiger partial charge in [0.15, 0.2) is 6.10 Å². The Morgan fingerprint density at radius 3 is 2.70 bits per heavy atom. The number of aliphatic hydroxyl groups is 2. The summed E-state index contributed by atoms with van der Waals surface area (Å²) in [5, 5.41) is 18.2. The van der Waals surface area contributed by atoms with Crippen LogP contribution in [0.15, 0.2) is 18.2 Å². The minimum absolute atomic E-state index is 0.0337. The summed E-state index contributed by atoms with van der Waals surface area (Å²) in [6, 6.07) is 5.34. The Morgan fingerprint density at radius 2 is 2.10 bits per heavy atom. The number of carbonyl (C=O) groups excluding carboxylic acids is 1. The molecule has 1 aliphatic heterocycles. The number of rotatable bonds is 5. The van der Waals surface area contributed by atoms with Gasteiger partial charge in [0.25, 0.3) is 5.91 Å². The van der Waals surface area contributed by atoms with Crippen molar-refractivity contribution in [2.75, 3.05) is 18.1 Å². The molecule has 1 aromatic rings. The fraction of sp³-hybridized carbons (Fsp3) is 0.533. The molecule has 0 bridgehead atoms. The second kappa shape index (κ2) is 6.24. The highest BCUT2D eigenvalue weighted by Gasteiger charge is 2.36. The van der Waals surface area contributed by atoms with E-state index in [2.05, 4.69) is 0 Å². The molecule has 0 radical (unpaired) electrons. The molecule has 0 aromatic heterocycles. The van der Waals surface area contributed by atoms with Gasteiger partial charge in [0.05, 0.1) is 12.3 Å². The van der Waals surface area contributed by atoms with E-state index in [0.29, 0.717) is 24.4 Å². The summed E-state index contributed by atoms with van der Waals surface area (Å²) in [6.07, 6.45) is 0.0143. The molecule has 1 atom stereocenters. The number of aliphatic hydroxyl groups excluding tert-OH is 2. The number of carbonyl (C=O) groups is 1. The maximum absolute atomic E-state index is 12.5. The maximum atomic E-state index is 12.5. The zero-order chi connectivity index (χ0) is 14.7. The third kappa shape index (κ3) is 2.78. The highest BCUT2D eigenvalue weighted by molar-refractivity contribution is 6.00. The number of anilines is 1. The van der Waals surface area contributed by atoms with E-state index in [-0.39, 0.29) is 25.0 Å². The molecule has 0 saturated heterocycles. The van der Waals surface area contributed by atoms with Gasteiger partial charge in [0.1, 0.15) is 5.75 Å². The highest BCUT2D eigenvalue weighted by atomic mass is 16.5. The van der Waals surface area contributed by atoms with Crippen molar-refractivity contribution in [3.05, 3.63) is 23.8 Å². The molecule has 0 fully saturated rings. The molecule has 0 aliphatic carbocycles. The minimum Gasteiger partial charge on any atom is -0.478 e. The third-order valence-electron chi connectivity index (χ3n) is 3.41. The number of ether oxygens (including phenoxy) is 1. The SMILES string of the molecule is CC(C)C1Oc2ccc(CO)cc2N(CCCO)C1=O. The number of hydrogen-bond donors (Lipinski definition) is 2. The molecule has 0 spiro atoms. The molecule has 1 aliphatic rings. The topological polar surface area (TPSA) is 70.0 Å². The predicted octanol–water partition coefficient (Wildman–Crippen LogP) is 1.31. The average Bonchev–Trinajstić information content (AvgIpc) is 2.45. The molecular formula is C15H21NO4. The normalized spacial score (nSPS) is 18.1. The standard InChI is InChI=1S/C15H21NO4/c1-10(2)14-15(19)16(6-3-7-17)12-8-11(9-18)4-5-13(12)20-14/h4-5,8,10,14,17-18H,3,6-7,9H2,1-2H3. The highest BCUT2D eigenvalue weighted by Crippen LogP contribution is 2.36. The van der Waals surface area contributed by atoms with Crippen LogP contribution in [0, 0.1) is 5.92 Å². The molecule has 1 heterocycles. The van der Waals surface area contributed by atoms with Gasteiger partial charge in [-0.3, -0.25) is 4.79 Å². The van der Waals surface area contributed by atoms with E-state index in [1.54, 1.807) is 23.1 Å². The van der Waals surface area contributed by atoms with E-state index >= 15 is 0 Å². The lowest BCUT2D eigenvalue weighted by Gasteiger charge is -2.36. The third-order valence-corrected chi connectivity index (χ3v) is 3.41. The maximum Gasteiger partial charge on any atom is 0.268 e. The van der Waals surface area contributed by atoms with Crippen LogP contribution >= 0.6 is 0 Å². The van der Waals surface area contributed by atoms with Crippen LogP contribution in [-0.2, 0) is 11.4 Å². The summed E-state index contributed by atoms with van der Waals surface area (Å²) < 4.78 is 5.78. The second-order valence-electron chi connectivity index (χ2n) is 5.31. The molecule has 1 unspecified atom stereocenters. The molecular weight excluding hydrogens is 258 g/mol. The summed E-state index contributed by atoms with van der Waals surface area (Å²) in [5.41, 5.74) is 1.41. The molecule has 5 nitrogen and oxygen atoms in total. The van der Waals surface area contributed by atoms with E-state index < -0.39 is 6.10 Å². The smallest absolute Gasteiger partial charge is 0.268 e. The molecule has 2 rings (SSSR count). The van der Waals surface area contributed by atoms with Crippen LogP contribution in [0.25, 0.3) is 0 Å². The van der Waals surface area contributed by atoms with Gasteiger partial charge in [0, 0.05) is 13.2 Å². The Bertz CT molecular complexity index is 487. The molecule has 5 heteroatoms. The lowest BCUT2D eigenvalue weighted by Crippen LogP contribution is -2.48. The van der Waals surface area contributed by atoms with Crippen LogP contribution in [-0.4, -0.2) is 35.4 Å². The Labute approximate surface area is 118 Å². The summed E-state index contributed by atoms with van der Waals surface area (Å²) in [7, 11) is 0. The van der Waals surface area contributed by atoms with Crippen LogP contribution in [0.1, 0.15) is 25.8 Å². The molecule has 1 aromatic carbocycles. The molecule has 20 heavy (non-hydrogen) atoms. The summed E-state index contributed by atoms with van der Waals surface area (Å²) in [5.74, 6) is 0.638. The summed E-state index contributed by atoms with van der Waals surface area (Å²) in [4.78, 5) is 14.1. The Balaban J connectivity index is 2.39. The predicted molar refractivity (Wildman–Crippen MR) is 75.7 cm³/mol. The first-order chi connectivity index (χ1) is 9.58. The average molecular weight is 279 g/mol. The van der Waals surface area contributed by atoms with E-state index in [0.717, 1.165) is 5.56 Å². The van der Waals surface area contributed by atoms with E-state index in [9.17, 15) is 9.90 Å². The van der Waals surface area contributed by atoms with Crippen molar-refractivity contribution >= 4 is 11.6 Å². The van der Waals surface area contributed by atoms with E-state index in [4.69, 9.17) is 9.84 Å². The lowest BCUT2D eigenvalue weighted by molar-refractivity contribution is -0.128. The first-order valence-corrected chi connectivity index (χ1v) is 6.91. The van der Waals surface area contributed by atoms with Crippen molar-refractivity contribution in [2.45, 2.75) is 33.0 Å². The number of benzene rings is 1. The molecule has 2 N–H and O–H groups in total. The van der Waals surface area contributed by atoms with Gasteiger partial charge in [-0.05, 0) is 30.0 Å². The van der Waals surface area contributed by atoms with Crippen LogP contribution in [0.2, 0.25) is 0 Å². The molecule has 0 saturated carbocycles. The zero-order valence-electron chi connectivity index (χ0n) is 11.9. The number of amides is 1. The summed E-state index contributed by atoms with van der Waals surface area (Å²) >= 11 is 0. The minimum atomic E-state index is -0.499. The Morgan fingerprint density at radius 1 is 1.35 bits per heavy atom. The summed E-state index contributed by atoms with van der Waals surface area (Å²) in [6.45, 7) is 4.29. The number of nitrogens with zero attached hydrogens (tertiary/aromatic N) is 1. The fourth-order valence-electron chi connectivity index (χ4n) is 2.31. The Hall–Kier alpha value is -1.59. The Kier molecular flexibility index (Phi) is 4.62. The first kappa shape index (κ1) is 14.8. The number of fused-ring (bicyclic) bond motifs is 1. The largest absolute Gasteiger partial charge is 0.478 e. The van der Waals surface area contributed by atoms with Gasteiger partial charge in [-0.2, -0.15) is 0 Å². The van der Waals surface area contributed by atoms with Crippen molar-refractivity contribution in [3.8, 4) is 5.75 Å². The van der Waals surface area contributed by atoms with E-state index in [1.165, 1.54) is 0 Å². The van der Waals surface area contributed by atoms with Crippen molar-refractivity contribution in [1.82, 2.24) is 0 Å². The van der Waals surface area contributed by atoms with E-state index in [1.807, 2.05) is 13.8 Å². The van der Waals surface area contributed by atoms with Crippen LogP contribution in [0.4, 0.5) is 5.69 Å². The monoisotopic (exact) mass is 279 g/mol. The van der Waals surface area contributed by atoms with Crippen LogP contribution < -0.4 is 9.64 Å². The van der Waals surface area contributed by atoms with Gasteiger partial charge < -0.3 is 19.8 Å². The van der Waals surface area contributed by atoms with Gasteiger partial charge in [0.2, 0.25) is 0 Å².